The molecule has 0 radical (unpaired) electrons. The Morgan fingerprint density at radius 2 is 2.11 bits per heavy atom. The molecule has 2 aromatic heterocycles. The van der Waals surface area contributed by atoms with Gasteiger partial charge in [0.2, 0.25) is 0 Å². The molecule has 0 atom stereocenters. The minimum absolute atomic E-state index is 0.126. The number of hydrogen-bond acceptors (Lipinski definition) is 4. The van der Waals surface area contributed by atoms with Crippen LogP contribution in [-0.2, 0) is 7.05 Å². The molecule has 1 aliphatic carbocycles. The highest BCUT2D eigenvalue weighted by atomic mass is 19.1. The zero-order chi connectivity index (χ0) is 19.0. The number of hydrogen-bond donors (Lipinski definition) is 1. The summed E-state index contributed by atoms with van der Waals surface area (Å²) in [7, 11) is 1.82. The fourth-order valence-corrected chi connectivity index (χ4v) is 2.93. The predicted octanol–water partition coefficient (Wildman–Crippen LogP) is 3.78. The van der Waals surface area contributed by atoms with E-state index in [1.165, 1.54) is 30.5 Å². The van der Waals surface area contributed by atoms with Crippen LogP contribution in [0.4, 0.5) is 4.39 Å². The molecule has 7 heteroatoms. The van der Waals surface area contributed by atoms with Crippen LogP contribution in [0.25, 0.3) is 22.6 Å². The van der Waals surface area contributed by atoms with Crippen LogP contribution in [0, 0.1) is 11.7 Å². The van der Waals surface area contributed by atoms with Gasteiger partial charge < -0.3 is 14.4 Å². The van der Waals surface area contributed by atoms with Crippen molar-refractivity contribution in [2.24, 2.45) is 13.0 Å². The molecule has 3 aromatic rings. The molecule has 4 rings (SSSR count). The third-order valence-corrected chi connectivity index (χ3v) is 4.56. The average Bonchev–Trinajstić information content (AvgIpc) is 3.41. The number of aromatic nitrogens is 3. The van der Waals surface area contributed by atoms with E-state index in [1.807, 2.05) is 7.05 Å². The summed E-state index contributed by atoms with van der Waals surface area (Å²) in [5, 5.41) is 9.24. The molecule has 1 aromatic carbocycles. The van der Waals surface area contributed by atoms with E-state index in [9.17, 15) is 14.3 Å². The lowest BCUT2D eigenvalue weighted by Gasteiger charge is -2.13. The number of carboxylic acid groups (broad SMARTS) is 1. The molecule has 0 saturated heterocycles. The van der Waals surface area contributed by atoms with Crippen molar-refractivity contribution >= 4 is 5.97 Å². The molecule has 0 bridgehead atoms. The number of rotatable bonds is 6. The van der Waals surface area contributed by atoms with Crippen LogP contribution >= 0.6 is 0 Å². The Kier molecular flexibility index (Phi) is 4.35. The van der Waals surface area contributed by atoms with Crippen molar-refractivity contribution in [2.75, 3.05) is 6.61 Å². The van der Waals surface area contributed by atoms with E-state index in [4.69, 9.17) is 4.74 Å². The van der Waals surface area contributed by atoms with E-state index in [0.717, 1.165) is 12.8 Å². The van der Waals surface area contributed by atoms with Gasteiger partial charge in [0.25, 0.3) is 0 Å². The molecular weight excluding hydrogens is 349 g/mol. The quantitative estimate of drug-likeness (QED) is 0.717. The van der Waals surface area contributed by atoms with Gasteiger partial charge in [-0.1, -0.05) is 0 Å². The summed E-state index contributed by atoms with van der Waals surface area (Å²) < 4.78 is 21.5. The minimum Gasteiger partial charge on any atom is -0.492 e. The summed E-state index contributed by atoms with van der Waals surface area (Å²) in [6.45, 7) is 0.552. The maximum atomic E-state index is 13.8. The van der Waals surface area contributed by atoms with Crippen LogP contribution in [0.5, 0.6) is 5.75 Å². The number of pyridine rings is 1. The maximum Gasteiger partial charge on any atom is 0.335 e. The number of halogens is 1. The van der Waals surface area contributed by atoms with Crippen molar-refractivity contribution in [1.29, 1.82) is 0 Å². The Balaban J connectivity index is 1.80. The van der Waals surface area contributed by atoms with E-state index in [-0.39, 0.29) is 11.4 Å². The van der Waals surface area contributed by atoms with Crippen LogP contribution < -0.4 is 4.74 Å². The highest BCUT2D eigenvalue weighted by molar-refractivity contribution is 5.89. The lowest BCUT2D eigenvalue weighted by Crippen LogP contribution is -2.03. The van der Waals surface area contributed by atoms with Gasteiger partial charge in [0.1, 0.15) is 17.3 Å². The molecule has 0 aliphatic heterocycles. The average molecular weight is 367 g/mol. The van der Waals surface area contributed by atoms with Crippen molar-refractivity contribution in [1.82, 2.24) is 14.5 Å². The van der Waals surface area contributed by atoms with Gasteiger partial charge in [-0.3, -0.25) is 4.98 Å². The van der Waals surface area contributed by atoms with Crippen LogP contribution in [0.15, 0.2) is 42.9 Å². The summed E-state index contributed by atoms with van der Waals surface area (Å²) in [4.78, 5) is 19.9. The Morgan fingerprint density at radius 3 is 2.85 bits per heavy atom. The SMILES string of the molecule is Cn1cnc(-c2cc(C(=O)O)ccn2)c1-c1ccc(F)cc1OCC1CC1. The van der Waals surface area contributed by atoms with Crippen LogP contribution in [0.3, 0.4) is 0 Å². The highest BCUT2D eigenvalue weighted by Gasteiger charge is 2.24. The lowest BCUT2D eigenvalue weighted by atomic mass is 10.1. The molecule has 1 N–H and O–H groups in total. The van der Waals surface area contributed by atoms with E-state index >= 15 is 0 Å². The Hall–Kier alpha value is -3.22. The van der Waals surface area contributed by atoms with Crippen LogP contribution in [0.1, 0.15) is 23.2 Å². The third-order valence-electron chi connectivity index (χ3n) is 4.56. The first kappa shape index (κ1) is 17.2. The normalized spacial score (nSPS) is 13.6. The van der Waals surface area contributed by atoms with Gasteiger partial charge >= 0.3 is 5.97 Å². The summed E-state index contributed by atoms with van der Waals surface area (Å²) in [5.41, 5.74) is 2.46. The molecule has 0 spiro atoms. The van der Waals surface area contributed by atoms with Crippen LogP contribution in [0.2, 0.25) is 0 Å². The van der Waals surface area contributed by atoms with Gasteiger partial charge in [-0.2, -0.15) is 0 Å². The highest BCUT2D eigenvalue weighted by Crippen LogP contribution is 2.38. The molecule has 27 heavy (non-hydrogen) atoms. The van der Waals surface area contributed by atoms with Crippen molar-refractivity contribution in [3.8, 4) is 28.4 Å². The number of aryl methyl sites for hydroxylation is 1. The second kappa shape index (κ2) is 6.83. The van der Waals surface area contributed by atoms with Crippen molar-refractivity contribution in [3.63, 3.8) is 0 Å². The molecule has 1 fully saturated rings. The van der Waals surface area contributed by atoms with Crippen molar-refractivity contribution in [3.05, 3.63) is 54.2 Å². The Morgan fingerprint density at radius 1 is 1.30 bits per heavy atom. The number of benzene rings is 1. The zero-order valence-electron chi connectivity index (χ0n) is 14.7. The van der Waals surface area contributed by atoms with Gasteiger partial charge in [0, 0.05) is 24.9 Å². The zero-order valence-corrected chi connectivity index (χ0v) is 14.7. The molecule has 138 valence electrons. The Bertz CT molecular complexity index is 1010. The van der Waals surface area contributed by atoms with E-state index in [1.54, 1.807) is 17.0 Å². The third kappa shape index (κ3) is 3.53. The summed E-state index contributed by atoms with van der Waals surface area (Å²) >= 11 is 0. The second-order valence-electron chi connectivity index (χ2n) is 6.68. The van der Waals surface area contributed by atoms with Crippen LogP contribution in [-0.4, -0.2) is 32.2 Å². The standard InChI is InChI=1S/C20H18FN3O3/c1-24-11-23-18(16-8-13(20(25)26)6-7-22-16)19(24)15-5-4-14(21)9-17(15)27-10-12-2-3-12/h4-9,11-12H,2-3,10H2,1H3,(H,25,26). The van der Waals surface area contributed by atoms with Crippen molar-refractivity contribution in [2.45, 2.75) is 12.8 Å². The minimum atomic E-state index is -1.04. The summed E-state index contributed by atoms with van der Waals surface area (Å²) in [6.07, 6.45) is 5.32. The summed E-state index contributed by atoms with van der Waals surface area (Å²) in [5.74, 6) is -0.437. The summed E-state index contributed by atoms with van der Waals surface area (Å²) in [6, 6.07) is 7.30. The molecule has 2 heterocycles. The number of aromatic carboxylic acids is 1. The fraction of sp³-hybridized carbons (Fsp3) is 0.250. The van der Waals surface area contributed by atoms with E-state index < -0.39 is 5.97 Å². The van der Waals surface area contributed by atoms with Gasteiger partial charge in [-0.05, 0) is 43.0 Å². The number of carboxylic acids is 1. The van der Waals surface area contributed by atoms with Gasteiger partial charge in [-0.15, -0.1) is 0 Å². The predicted molar refractivity (Wildman–Crippen MR) is 97.0 cm³/mol. The maximum absolute atomic E-state index is 13.8. The number of imidazole rings is 1. The topological polar surface area (TPSA) is 77.2 Å². The molecule has 1 aliphatic rings. The first-order chi connectivity index (χ1) is 13.0. The Labute approximate surface area is 155 Å². The van der Waals surface area contributed by atoms with Gasteiger partial charge in [0.15, 0.2) is 0 Å². The van der Waals surface area contributed by atoms with E-state index in [2.05, 4.69) is 9.97 Å². The van der Waals surface area contributed by atoms with Gasteiger partial charge in [-0.25, -0.2) is 14.2 Å². The first-order valence-electron chi connectivity index (χ1n) is 8.66. The lowest BCUT2D eigenvalue weighted by molar-refractivity contribution is 0.0697. The number of carbonyl (C=O) groups is 1. The first-order valence-corrected chi connectivity index (χ1v) is 8.66. The largest absolute Gasteiger partial charge is 0.492 e. The number of ether oxygens (including phenoxy) is 1. The molecule has 0 amide bonds. The van der Waals surface area contributed by atoms with E-state index in [0.29, 0.717) is 40.9 Å². The van der Waals surface area contributed by atoms with Gasteiger partial charge in [0.05, 0.1) is 29.9 Å². The monoisotopic (exact) mass is 367 g/mol. The molecule has 1 saturated carbocycles. The smallest absolute Gasteiger partial charge is 0.335 e. The molecule has 0 unspecified atom stereocenters. The van der Waals surface area contributed by atoms with Crippen molar-refractivity contribution < 1.29 is 19.0 Å². The second-order valence-corrected chi connectivity index (χ2v) is 6.68. The fourth-order valence-electron chi connectivity index (χ4n) is 2.93. The molecule has 6 nitrogen and oxygen atoms in total. The molecular formula is C20H18FN3O3. The number of nitrogens with zero attached hydrogens (tertiary/aromatic N) is 3.